The number of amides is 1. The molecule has 0 unspecified atom stereocenters. The number of hydrogen-bond donors (Lipinski definition) is 3. The summed E-state index contributed by atoms with van der Waals surface area (Å²) in [6, 6.07) is 7.46. The van der Waals surface area contributed by atoms with Crippen LogP contribution in [0.25, 0.3) is 16.6 Å². The van der Waals surface area contributed by atoms with Crippen LogP contribution in [0.15, 0.2) is 40.5 Å². The highest BCUT2D eigenvalue weighted by molar-refractivity contribution is 7.99. The quantitative estimate of drug-likeness (QED) is 0.449. The fourth-order valence-electron chi connectivity index (χ4n) is 3.45. The highest BCUT2D eigenvalue weighted by atomic mass is 32.2. The number of nitrogens with one attached hydrogen (secondary N) is 1. The summed E-state index contributed by atoms with van der Waals surface area (Å²) in [6.45, 7) is 3.58. The molecule has 0 spiro atoms. The number of aromatic hydroxyl groups is 1. The maximum Gasteiger partial charge on any atom is 0.322 e. The lowest BCUT2D eigenvalue weighted by Gasteiger charge is -2.11. The van der Waals surface area contributed by atoms with Crippen molar-refractivity contribution in [3.8, 4) is 5.75 Å². The van der Waals surface area contributed by atoms with Crippen molar-refractivity contribution in [1.82, 2.24) is 24.5 Å². The topological polar surface area (TPSA) is 122 Å². The number of fused-ring (bicyclic) bond motifs is 2. The first kappa shape index (κ1) is 19.8. The van der Waals surface area contributed by atoms with Crippen molar-refractivity contribution in [2.75, 3.05) is 6.54 Å². The molecule has 10 heteroatoms. The number of nitrogens with zero attached hydrogens (tertiary/aromatic N) is 4. The molecule has 154 valence electrons. The van der Waals surface area contributed by atoms with Gasteiger partial charge in [0.2, 0.25) is 0 Å². The van der Waals surface area contributed by atoms with Crippen LogP contribution in [0.4, 0.5) is 0 Å². The molecule has 0 saturated heterocycles. The van der Waals surface area contributed by atoms with Crippen LogP contribution >= 0.6 is 11.8 Å². The summed E-state index contributed by atoms with van der Waals surface area (Å²) < 4.78 is 3.58. The first-order valence-corrected chi connectivity index (χ1v) is 9.89. The van der Waals surface area contributed by atoms with Gasteiger partial charge in [-0.25, -0.2) is 9.50 Å². The molecular formula is C20H19N5O4S. The second kappa shape index (κ2) is 7.38. The molecular weight excluding hydrogens is 406 g/mol. The number of pyridine rings is 1. The number of carboxylic acids is 1. The zero-order chi connectivity index (χ0) is 21.6. The Morgan fingerprint density at radius 2 is 2.03 bits per heavy atom. The standard InChI is InChI=1S/C20H19N5O4S/c1-10-11(2)24(3)18-12(10)5-4-6-14(18)30-15-7-13(26)17(19-22-9-23-25(15)19)20(29)21-8-16(27)28/h4-7,9,26H,8H2,1-3H3,(H,21,29)(H,27,28). The van der Waals surface area contributed by atoms with E-state index in [9.17, 15) is 14.7 Å². The number of hydrogen-bond acceptors (Lipinski definition) is 6. The van der Waals surface area contributed by atoms with E-state index in [2.05, 4.69) is 39.9 Å². The molecule has 30 heavy (non-hydrogen) atoms. The summed E-state index contributed by atoms with van der Waals surface area (Å²) in [7, 11) is 2.01. The number of aromatic nitrogens is 4. The third-order valence-electron chi connectivity index (χ3n) is 5.12. The molecule has 3 N–H and O–H groups in total. The average Bonchev–Trinajstić information content (AvgIpc) is 3.27. The molecule has 3 aromatic heterocycles. The van der Waals surface area contributed by atoms with E-state index >= 15 is 0 Å². The lowest BCUT2D eigenvalue weighted by molar-refractivity contribution is -0.135. The van der Waals surface area contributed by atoms with Crippen molar-refractivity contribution in [2.24, 2.45) is 7.05 Å². The van der Waals surface area contributed by atoms with Gasteiger partial charge in [0.05, 0.1) is 5.52 Å². The lowest BCUT2D eigenvalue weighted by atomic mass is 10.1. The zero-order valence-corrected chi connectivity index (χ0v) is 17.3. The summed E-state index contributed by atoms with van der Waals surface area (Å²) in [4.78, 5) is 28.2. The van der Waals surface area contributed by atoms with Gasteiger partial charge in [-0.15, -0.1) is 0 Å². The molecule has 3 heterocycles. The Labute approximate surface area is 175 Å². The van der Waals surface area contributed by atoms with E-state index in [0.717, 1.165) is 21.5 Å². The predicted octanol–water partition coefficient (Wildman–Crippen LogP) is 2.51. The largest absolute Gasteiger partial charge is 0.507 e. The minimum atomic E-state index is -1.19. The zero-order valence-electron chi connectivity index (χ0n) is 16.5. The molecule has 0 radical (unpaired) electrons. The molecule has 9 nitrogen and oxygen atoms in total. The van der Waals surface area contributed by atoms with Gasteiger partial charge < -0.3 is 20.1 Å². The number of aliphatic carboxylic acids is 1. The molecule has 0 atom stereocenters. The molecule has 0 aliphatic heterocycles. The van der Waals surface area contributed by atoms with Crippen molar-refractivity contribution < 1.29 is 19.8 Å². The first-order valence-electron chi connectivity index (χ1n) is 9.07. The fourth-order valence-corrected chi connectivity index (χ4v) is 4.56. The molecule has 1 aromatic carbocycles. The Balaban J connectivity index is 1.81. The second-order valence-electron chi connectivity index (χ2n) is 6.84. The number of carbonyl (C=O) groups excluding carboxylic acids is 1. The van der Waals surface area contributed by atoms with E-state index in [1.54, 1.807) is 0 Å². The molecule has 4 rings (SSSR count). The van der Waals surface area contributed by atoms with E-state index in [1.807, 2.05) is 19.2 Å². The minimum Gasteiger partial charge on any atom is -0.507 e. The van der Waals surface area contributed by atoms with Crippen LogP contribution in [0, 0.1) is 13.8 Å². The summed E-state index contributed by atoms with van der Waals surface area (Å²) in [5.41, 5.74) is 3.45. The normalized spacial score (nSPS) is 11.3. The summed E-state index contributed by atoms with van der Waals surface area (Å²) >= 11 is 1.39. The SMILES string of the molecule is Cc1c(C)n(C)c2c(Sc3cc(O)c(C(=O)NCC(=O)O)c4ncnn34)cccc12. The number of aryl methyl sites for hydroxylation is 2. The highest BCUT2D eigenvalue weighted by Gasteiger charge is 2.22. The third kappa shape index (κ3) is 3.14. The van der Waals surface area contributed by atoms with Crippen LogP contribution in [0.1, 0.15) is 21.6 Å². The maximum absolute atomic E-state index is 12.4. The van der Waals surface area contributed by atoms with Gasteiger partial charge in [-0.05, 0) is 25.5 Å². The first-order chi connectivity index (χ1) is 14.3. The fraction of sp³-hybridized carbons (Fsp3) is 0.200. The number of carbonyl (C=O) groups is 2. The summed E-state index contributed by atoms with van der Waals surface area (Å²) in [6.07, 6.45) is 1.28. The van der Waals surface area contributed by atoms with Crippen molar-refractivity contribution in [2.45, 2.75) is 23.8 Å². The van der Waals surface area contributed by atoms with Crippen LogP contribution in [-0.2, 0) is 11.8 Å². The van der Waals surface area contributed by atoms with Crippen LogP contribution in [0.5, 0.6) is 5.75 Å². The smallest absolute Gasteiger partial charge is 0.322 e. The second-order valence-corrected chi connectivity index (χ2v) is 7.90. The van der Waals surface area contributed by atoms with Crippen molar-refractivity contribution in [3.63, 3.8) is 0 Å². The van der Waals surface area contributed by atoms with Gasteiger partial charge in [0, 0.05) is 29.1 Å². The Bertz CT molecular complexity index is 1320. The van der Waals surface area contributed by atoms with Gasteiger partial charge in [0.1, 0.15) is 29.2 Å². The molecule has 4 aromatic rings. The number of rotatable bonds is 5. The predicted molar refractivity (Wildman–Crippen MR) is 111 cm³/mol. The van der Waals surface area contributed by atoms with Crippen LogP contribution in [-0.4, -0.2) is 47.8 Å². The Kier molecular flexibility index (Phi) is 4.86. The number of benzene rings is 1. The Morgan fingerprint density at radius 3 is 2.77 bits per heavy atom. The van der Waals surface area contributed by atoms with Gasteiger partial charge in [0.25, 0.3) is 5.91 Å². The molecule has 0 bridgehead atoms. The third-order valence-corrected chi connectivity index (χ3v) is 6.17. The molecule has 0 saturated carbocycles. The summed E-state index contributed by atoms with van der Waals surface area (Å²) in [5.74, 6) is -2.22. The van der Waals surface area contributed by atoms with E-state index in [1.165, 1.54) is 34.2 Å². The van der Waals surface area contributed by atoms with E-state index in [-0.39, 0.29) is 17.0 Å². The van der Waals surface area contributed by atoms with Crippen molar-refractivity contribution >= 4 is 40.2 Å². The van der Waals surface area contributed by atoms with Gasteiger partial charge >= 0.3 is 5.97 Å². The Hall–Kier alpha value is -3.53. The number of para-hydroxylation sites is 1. The van der Waals surface area contributed by atoms with Gasteiger partial charge in [-0.3, -0.25) is 9.59 Å². The number of carboxylic acid groups (broad SMARTS) is 1. The van der Waals surface area contributed by atoms with Gasteiger partial charge in [-0.2, -0.15) is 5.10 Å². The maximum atomic E-state index is 12.4. The molecule has 0 fully saturated rings. The highest BCUT2D eigenvalue weighted by Crippen LogP contribution is 2.38. The average molecular weight is 425 g/mol. The van der Waals surface area contributed by atoms with Gasteiger partial charge in [0.15, 0.2) is 5.65 Å². The summed E-state index contributed by atoms with van der Waals surface area (Å²) in [5, 5.41) is 27.4. The van der Waals surface area contributed by atoms with Crippen LogP contribution in [0.2, 0.25) is 0 Å². The van der Waals surface area contributed by atoms with E-state index in [4.69, 9.17) is 5.11 Å². The Morgan fingerprint density at radius 1 is 1.27 bits per heavy atom. The molecule has 0 aliphatic carbocycles. The minimum absolute atomic E-state index is 0.123. The monoisotopic (exact) mass is 425 g/mol. The van der Waals surface area contributed by atoms with Crippen molar-refractivity contribution in [1.29, 1.82) is 0 Å². The van der Waals surface area contributed by atoms with Crippen molar-refractivity contribution in [3.05, 3.63) is 47.4 Å². The van der Waals surface area contributed by atoms with Crippen LogP contribution in [0.3, 0.4) is 0 Å². The molecule has 1 amide bonds. The van der Waals surface area contributed by atoms with Crippen LogP contribution < -0.4 is 5.32 Å². The van der Waals surface area contributed by atoms with Gasteiger partial charge in [-0.1, -0.05) is 23.9 Å². The van der Waals surface area contributed by atoms with E-state index in [0.29, 0.717) is 5.03 Å². The van der Waals surface area contributed by atoms with E-state index < -0.39 is 18.4 Å². The molecule has 0 aliphatic rings. The lowest BCUT2D eigenvalue weighted by Crippen LogP contribution is -2.29.